The third kappa shape index (κ3) is 2.55. The summed E-state index contributed by atoms with van der Waals surface area (Å²) in [6.45, 7) is 0. The largest absolute Gasteiger partial charge is 0.440 e. The van der Waals surface area contributed by atoms with Gasteiger partial charge in [-0.3, -0.25) is 0 Å². The van der Waals surface area contributed by atoms with Gasteiger partial charge in [-0.2, -0.15) is 5.26 Å². The Morgan fingerprint density at radius 2 is 1.84 bits per heavy atom. The number of fused-ring (bicyclic) bond motifs is 3. The maximum atomic E-state index is 13.4. The Kier molecular flexibility index (Phi) is 3.70. The molecule has 3 nitrogen and oxygen atoms in total. The second-order valence-corrected chi connectivity index (χ2v) is 6.73. The molecule has 0 saturated carbocycles. The van der Waals surface area contributed by atoms with Crippen molar-refractivity contribution >= 4 is 26.7 Å². The Balaban J connectivity index is 2.05. The highest BCUT2D eigenvalue weighted by atomic mass is 79.9. The zero-order chi connectivity index (χ0) is 17.6. The van der Waals surface area contributed by atoms with Crippen molar-refractivity contribution in [2.75, 3.05) is 0 Å². The highest BCUT2D eigenvalue weighted by molar-refractivity contribution is 9.10. The van der Waals surface area contributed by atoms with Crippen LogP contribution in [0.3, 0.4) is 0 Å². The van der Waals surface area contributed by atoms with E-state index in [-0.39, 0.29) is 11.7 Å². The predicted molar refractivity (Wildman–Crippen MR) is 97.3 cm³/mol. The van der Waals surface area contributed by atoms with E-state index in [2.05, 4.69) is 22.0 Å². The molecule has 0 unspecified atom stereocenters. The fourth-order valence-electron chi connectivity index (χ4n) is 3.26. The van der Waals surface area contributed by atoms with E-state index in [0.717, 1.165) is 26.4 Å². The van der Waals surface area contributed by atoms with Gasteiger partial charge in [0, 0.05) is 10.0 Å². The lowest BCUT2D eigenvalue weighted by Crippen LogP contribution is -2.21. The summed E-state index contributed by atoms with van der Waals surface area (Å²) < 4.78 is 20.0. The highest BCUT2D eigenvalue weighted by Gasteiger charge is 2.32. The zero-order valence-corrected chi connectivity index (χ0v) is 14.5. The zero-order valence-electron chi connectivity index (χ0n) is 13.0. The van der Waals surface area contributed by atoms with Gasteiger partial charge in [0.15, 0.2) is 0 Å². The molecule has 0 spiro atoms. The second-order valence-electron chi connectivity index (χ2n) is 5.82. The minimum absolute atomic E-state index is 0.0841. The van der Waals surface area contributed by atoms with Crippen molar-refractivity contribution in [1.82, 2.24) is 0 Å². The number of nitrogens with two attached hydrogens (primary N) is 1. The second kappa shape index (κ2) is 5.91. The summed E-state index contributed by atoms with van der Waals surface area (Å²) in [5.74, 6) is -0.0333. The van der Waals surface area contributed by atoms with Gasteiger partial charge in [-0.1, -0.05) is 40.2 Å². The molecule has 0 radical (unpaired) electrons. The number of hydrogen-bond donors (Lipinski definition) is 1. The monoisotopic (exact) mass is 394 g/mol. The predicted octanol–water partition coefficient (Wildman–Crippen LogP) is 4.96. The Morgan fingerprint density at radius 1 is 1.08 bits per heavy atom. The summed E-state index contributed by atoms with van der Waals surface area (Å²) in [5, 5.41) is 11.6. The Bertz CT molecular complexity index is 1070. The average Bonchev–Trinajstić information content (AvgIpc) is 2.61. The molecule has 0 amide bonds. The van der Waals surface area contributed by atoms with Gasteiger partial charge >= 0.3 is 0 Å². The average molecular weight is 395 g/mol. The molecule has 0 bridgehead atoms. The molecule has 1 aliphatic heterocycles. The fourth-order valence-corrected chi connectivity index (χ4v) is 3.64. The van der Waals surface area contributed by atoms with Gasteiger partial charge in [-0.25, -0.2) is 4.39 Å². The molecule has 3 aromatic rings. The lowest BCUT2D eigenvalue weighted by molar-refractivity contribution is 0.395. The van der Waals surface area contributed by atoms with Crippen molar-refractivity contribution in [2.24, 2.45) is 5.73 Å². The molecule has 4 rings (SSSR count). The number of halogens is 2. The van der Waals surface area contributed by atoms with Crippen LogP contribution >= 0.6 is 15.9 Å². The van der Waals surface area contributed by atoms with Crippen LogP contribution in [0.25, 0.3) is 10.8 Å². The molecule has 1 atom stereocenters. The van der Waals surface area contributed by atoms with E-state index in [9.17, 15) is 9.65 Å². The molecular weight excluding hydrogens is 383 g/mol. The molecule has 122 valence electrons. The third-order valence-corrected chi connectivity index (χ3v) is 4.86. The molecule has 0 aliphatic carbocycles. The number of hydrogen-bond acceptors (Lipinski definition) is 3. The van der Waals surface area contributed by atoms with Gasteiger partial charge in [0.2, 0.25) is 5.88 Å². The summed E-state index contributed by atoms with van der Waals surface area (Å²) in [7, 11) is 0. The first-order chi connectivity index (χ1) is 12.1. The summed E-state index contributed by atoms with van der Waals surface area (Å²) in [4.78, 5) is 0. The van der Waals surface area contributed by atoms with Gasteiger partial charge < -0.3 is 10.5 Å². The molecule has 1 heterocycles. The standard InChI is InChI=1S/C20H12BrFN2O/c21-13-4-7-15-12(9-13)3-8-17-19(15)18(16(10-23)20(24)25-17)11-1-5-14(22)6-2-11/h1-9,18H,24H2/t18-/m0/s1. The van der Waals surface area contributed by atoms with E-state index in [1.807, 2.05) is 30.3 Å². The van der Waals surface area contributed by atoms with Crippen LogP contribution in [-0.2, 0) is 0 Å². The van der Waals surface area contributed by atoms with Crippen molar-refractivity contribution in [2.45, 2.75) is 5.92 Å². The summed E-state index contributed by atoms with van der Waals surface area (Å²) in [6.07, 6.45) is 0. The number of benzene rings is 3. The van der Waals surface area contributed by atoms with Crippen LogP contribution < -0.4 is 10.5 Å². The Hall–Kier alpha value is -2.84. The minimum atomic E-state index is -0.403. The van der Waals surface area contributed by atoms with Crippen LogP contribution in [0.2, 0.25) is 0 Å². The van der Waals surface area contributed by atoms with E-state index in [4.69, 9.17) is 10.5 Å². The Morgan fingerprint density at radius 3 is 2.56 bits per heavy atom. The smallest absolute Gasteiger partial charge is 0.205 e. The molecule has 3 aromatic carbocycles. The highest BCUT2D eigenvalue weighted by Crippen LogP contribution is 2.45. The number of allylic oxidation sites excluding steroid dienone is 1. The first-order valence-corrected chi connectivity index (χ1v) is 8.43. The first-order valence-electron chi connectivity index (χ1n) is 7.63. The van der Waals surface area contributed by atoms with Crippen LogP contribution in [0, 0.1) is 17.1 Å². The van der Waals surface area contributed by atoms with Crippen LogP contribution in [0.1, 0.15) is 17.0 Å². The van der Waals surface area contributed by atoms with E-state index in [1.165, 1.54) is 12.1 Å². The fraction of sp³-hybridized carbons (Fsp3) is 0.0500. The van der Waals surface area contributed by atoms with E-state index in [0.29, 0.717) is 11.3 Å². The van der Waals surface area contributed by atoms with Gasteiger partial charge in [-0.15, -0.1) is 0 Å². The van der Waals surface area contributed by atoms with Gasteiger partial charge in [0.05, 0.1) is 5.92 Å². The summed E-state index contributed by atoms with van der Waals surface area (Å²) in [5.41, 5.74) is 7.97. The third-order valence-electron chi connectivity index (χ3n) is 4.37. The van der Waals surface area contributed by atoms with Gasteiger partial charge in [0.25, 0.3) is 0 Å². The Labute approximate surface area is 152 Å². The van der Waals surface area contributed by atoms with E-state index in [1.54, 1.807) is 12.1 Å². The van der Waals surface area contributed by atoms with Gasteiger partial charge in [0.1, 0.15) is 23.2 Å². The quantitative estimate of drug-likeness (QED) is 0.634. The van der Waals surface area contributed by atoms with Crippen molar-refractivity contribution in [3.8, 4) is 11.8 Å². The van der Waals surface area contributed by atoms with Crippen LogP contribution in [0.5, 0.6) is 5.75 Å². The molecule has 1 aliphatic rings. The summed E-state index contributed by atoms with van der Waals surface area (Å²) >= 11 is 3.48. The van der Waals surface area contributed by atoms with Crippen molar-refractivity contribution < 1.29 is 9.13 Å². The maximum Gasteiger partial charge on any atom is 0.205 e. The van der Waals surface area contributed by atoms with Crippen molar-refractivity contribution in [1.29, 1.82) is 5.26 Å². The normalized spacial score (nSPS) is 16.3. The van der Waals surface area contributed by atoms with E-state index >= 15 is 0 Å². The maximum absolute atomic E-state index is 13.4. The number of ether oxygens (including phenoxy) is 1. The number of nitrogens with zero attached hydrogens (tertiary/aromatic N) is 1. The molecule has 5 heteroatoms. The first kappa shape index (κ1) is 15.7. The lowest BCUT2D eigenvalue weighted by atomic mass is 9.81. The van der Waals surface area contributed by atoms with Crippen molar-refractivity contribution in [3.05, 3.63) is 87.5 Å². The molecule has 0 fully saturated rings. The van der Waals surface area contributed by atoms with Gasteiger partial charge in [-0.05, 0) is 46.7 Å². The van der Waals surface area contributed by atoms with Crippen molar-refractivity contribution in [3.63, 3.8) is 0 Å². The molecule has 2 N–H and O–H groups in total. The topological polar surface area (TPSA) is 59.0 Å². The van der Waals surface area contributed by atoms with Crippen LogP contribution in [0.4, 0.5) is 4.39 Å². The minimum Gasteiger partial charge on any atom is -0.440 e. The molecule has 0 saturated heterocycles. The molecule has 0 aromatic heterocycles. The van der Waals surface area contributed by atoms with Crippen LogP contribution in [-0.4, -0.2) is 0 Å². The number of nitriles is 1. The summed E-state index contributed by atoms with van der Waals surface area (Å²) in [6, 6.07) is 18.0. The SMILES string of the molecule is N#CC1=C(N)Oc2ccc3cc(Br)ccc3c2[C@H]1c1ccc(F)cc1. The van der Waals surface area contributed by atoms with E-state index < -0.39 is 5.92 Å². The number of rotatable bonds is 1. The molecule has 25 heavy (non-hydrogen) atoms. The lowest BCUT2D eigenvalue weighted by Gasteiger charge is -2.28. The molecular formula is C20H12BrFN2O. The van der Waals surface area contributed by atoms with Crippen LogP contribution in [0.15, 0.2) is 70.5 Å².